The molecular formula is C36H28Cl2F6Zr. The molecule has 9 heteroatoms. The fourth-order valence-corrected chi connectivity index (χ4v) is 25.4. The molecule has 232 valence electrons. The number of hydrogen-bond acceptors (Lipinski definition) is 0. The molecule has 0 spiro atoms. The van der Waals surface area contributed by atoms with Crippen LogP contribution in [0.5, 0.6) is 0 Å². The molecule has 0 bridgehead atoms. The summed E-state index contributed by atoms with van der Waals surface area (Å²) in [5, 5.41) is 0. The molecule has 2 aliphatic carbocycles. The van der Waals surface area contributed by atoms with Crippen LogP contribution in [-0.4, -0.2) is 0 Å². The van der Waals surface area contributed by atoms with Crippen LogP contribution in [-0.2, 0) is 32.6 Å². The van der Waals surface area contributed by atoms with Gasteiger partial charge in [0.05, 0.1) is 0 Å². The summed E-state index contributed by atoms with van der Waals surface area (Å²) in [5.74, 6) is 0. The maximum absolute atomic E-state index is 13.2. The monoisotopic (exact) mass is 734 g/mol. The quantitative estimate of drug-likeness (QED) is 0.237. The van der Waals surface area contributed by atoms with E-state index < -0.39 is 43.7 Å². The molecule has 0 amide bonds. The van der Waals surface area contributed by atoms with Crippen molar-refractivity contribution in [2.24, 2.45) is 0 Å². The maximum atomic E-state index is 13.2. The molecule has 45 heavy (non-hydrogen) atoms. The van der Waals surface area contributed by atoms with Crippen molar-refractivity contribution in [1.29, 1.82) is 0 Å². The van der Waals surface area contributed by atoms with Gasteiger partial charge < -0.3 is 24.8 Å². The molecule has 1 fully saturated rings. The third-order valence-electron chi connectivity index (χ3n) is 9.58. The van der Waals surface area contributed by atoms with Gasteiger partial charge in [-0.2, -0.15) is 0 Å². The second kappa shape index (κ2) is 11.9. The predicted octanol–water partition coefficient (Wildman–Crippen LogP) is 5.69. The van der Waals surface area contributed by atoms with E-state index in [1.165, 1.54) is 30.5 Å². The molecule has 2 atom stereocenters. The first-order chi connectivity index (χ1) is 20.4. The van der Waals surface area contributed by atoms with Gasteiger partial charge in [0.15, 0.2) is 0 Å². The molecule has 2 unspecified atom stereocenters. The second-order valence-corrected chi connectivity index (χ2v) is 23.5. The SMILES string of the molecule is CC1=Cc2c(-c3ccc(C(F)(F)F)cc3)cccc2[CH]1[Zr+2]1([CH]2C(C)=Cc3c(-c4ccc(C(F)(F)F)cc4)cccc32)[CH2][CH2]1.[Cl-].[Cl-]. The van der Waals surface area contributed by atoms with Gasteiger partial charge in [0, 0.05) is 0 Å². The number of benzene rings is 4. The third-order valence-corrected chi connectivity index (χ3v) is 23.1. The zero-order chi connectivity index (χ0) is 30.3. The van der Waals surface area contributed by atoms with Gasteiger partial charge in [0.1, 0.15) is 0 Å². The van der Waals surface area contributed by atoms with Gasteiger partial charge in [-0.3, -0.25) is 0 Å². The van der Waals surface area contributed by atoms with E-state index in [0.29, 0.717) is 7.25 Å². The van der Waals surface area contributed by atoms with Gasteiger partial charge in [-0.25, -0.2) is 0 Å². The van der Waals surface area contributed by atoms with Crippen molar-refractivity contribution < 1.29 is 71.4 Å². The van der Waals surface area contributed by atoms with Crippen LogP contribution in [0.4, 0.5) is 26.3 Å². The van der Waals surface area contributed by atoms with E-state index in [-0.39, 0.29) is 24.8 Å². The van der Waals surface area contributed by atoms with Crippen molar-refractivity contribution in [3.8, 4) is 22.3 Å². The number of allylic oxidation sites excluding steroid dienone is 2. The Morgan fingerprint density at radius 1 is 0.533 bits per heavy atom. The summed E-state index contributed by atoms with van der Waals surface area (Å²) in [4.78, 5) is 0. The Balaban J connectivity index is 0.00000200. The summed E-state index contributed by atoms with van der Waals surface area (Å²) in [6, 6.07) is 23.3. The largest absolute Gasteiger partial charge is 1.00 e. The maximum Gasteiger partial charge on any atom is -1.00 e. The van der Waals surface area contributed by atoms with E-state index in [2.05, 4.69) is 38.1 Å². The molecule has 0 saturated carbocycles. The molecule has 1 heterocycles. The number of hydrogen-bond donors (Lipinski definition) is 0. The summed E-state index contributed by atoms with van der Waals surface area (Å²) in [6.45, 7) is 4.40. The molecule has 4 aromatic carbocycles. The molecule has 4 aromatic rings. The Labute approximate surface area is 275 Å². The van der Waals surface area contributed by atoms with Crippen LogP contribution in [0.25, 0.3) is 34.4 Å². The van der Waals surface area contributed by atoms with Crippen LogP contribution in [0.15, 0.2) is 96.1 Å². The Morgan fingerprint density at radius 3 is 1.20 bits per heavy atom. The molecule has 0 N–H and O–H groups in total. The molecule has 3 aliphatic rings. The van der Waals surface area contributed by atoms with Gasteiger partial charge in [-0.15, -0.1) is 0 Å². The van der Waals surface area contributed by atoms with E-state index >= 15 is 0 Å². The fraction of sp³-hybridized carbons (Fsp3) is 0.222. The van der Waals surface area contributed by atoms with E-state index in [0.717, 1.165) is 57.6 Å². The molecular weight excluding hydrogens is 709 g/mol. The van der Waals surface area contributed by atoms with Crippen LogP contribution >= 0.6 is 0 Å². The Morgan fingerprint density at radius 2 is 0.889 bits per heavy atom. The standard InChI is InChI=1S/2C17H12F3.C2H4.2ClH.Zr/c2*1-11-9-13-3-2-4-15(16(13)10-11)12-5-7-14(8-6-12)17(18,19)20;1-2;;;/h2*2-10H,1H3;1-2H2;2*1H;/q;;;;;+2/p-2. The molecule has 0 nitrogen and oxygen atoms in total. The summed E-state index contributed by atoms with van der Waals surface area (Å²) in [6.07, 6.45) is -4.25. The fourth-order valence-electron chi connectivity index (χ4n) is 7.70. The Bertz CT molecular complexity index is 1680. The number of rotatable bonds is 4. The first-order valence-corrected chi connectivity index (χ1v) is 20.7. The van der Waals surface area contributed by atoms with E-state index in [9.17, 15) is 26.3 Å². The minimum atomic E-state index is -4.37. The van der Waals surface area contributed by atoms with Crippen molar-refractivity contribution in [2.75, 3.05) is 0 Å². The number of alkyl halides is 6. The minimum absolute atomic E-state index is 0. The Hall–Kier alpha value is -2.60. The van der Waals surface area contributed by atoms with E-state index in [1.54, 1.807) is 24.3 Å². The summed E-state index contributed by atoms with van der Waals surface area (Å²) in [7, 11) is 0. The average molecular weight is 737 g/mol. The van der Waals surface area contributed by atoms with Crippen molar-refractivity contribution >= 4 is 12.2 Å². The Kier molecular flexibility index (Phi) is 8.92. The summed E-state index contributed by atoms with van der Waals surface area (Å²) in [5.41, 5.74) is 9.65. The smallest absolute Gasteiger partial charge is 1.00 e. The van der Waals surface area contributed by atoms with E-state index in [4.69, 9.17) is 0 Å². The van der Waals surface area contributed by atoms with Crippen molar-refractivity contribution in [1.82, 2.24) is 0 Å². The first kappa shape index (κ1) is 33.8. The van der Waals surface area contributed by atoms with Gasteiger partial charge in [0.2, 0.25) is 0 Å². The van der Waals surface area contributed by atoms with Crippen molar-refractivity contribution in [2.45, 2.75) is 41.7 Å². The minimum Gasteiger partial charge on any atom is -1.00 e. The zero-order valence-corrected chi connectivity index (χ0v) is 28.3. The van der Waals surface area contributed by atoms with Gasteiger partial charge in [-0.1, -0.05) is 0 Å². The number of fused-ring (bicyclic) bond motifs is 2. The van der Waals surface area contributed by atoms with Crippen molar-refractivity contribution in [3.05, 3.63) is 129 Å². The van der Waals surface area contributed by atoms with Crippen molar-refractivity contribution in [3.63, 3.8) is 0 Å². The van der Waals surface area contributed by atoms with Gasteiger partial charge in [-0.05, 0) is 0 Å². The zero-order valence-electron chi connectivity index (χ0n) is 24.3. The molecule has 0 aromatic heterocycles. The molecule has 0 radical (unpaired) electrons. The topological polar surface area (TPSA) is 0 Å². The number of halogens is 8. The second-order valence-electron chi connectivity index (χ2n) is 12.1. The molecule has 7 rings (SSSR count). The summed E-state index contributed by atoms with van der Waals surface area (Å²) < 4.78 is 82.4. The van der Waals surface area contributed by atoms with Gasteiger partial charge >= 0.3 is 252 Å². The van der Waals surface area contributed by atoms with Crippen LogP contribution in [0, 0.1) is 0 Å². The first-order valence-electron chi connectivity index (χ1n) is 14.4. The van der Waals surface area contributed by atoms with Gasteiger partial charge in [0.25, 0.3) is 0 Å². The van der Waals surface area contributed by atoms with E-state index in [1.807, 2.05) is 24.3 Å². The summed E-state index contributed by atoms with van der Waals surface area (Å²) >= 11 is -2.95. The molecule has 1 aliphatic heterocycles. The van der Waals surface area contributed by atoms with Crippen LogP contribution < -0.4 is 24.8 Å². The van der Waals surface area contributed by atoms with Crippen LogP contribution in [0.1, 0.15) is 54.5 Å². The predicted molar refractivity (Wildman–Crippen MR) is 156 cm³/mol. The average Bonchev–Trinajstić information content (AvgIpc) is 3.54. The van der Waals surface area contributed by atoms with Crippen LogP contribution in [0.3, 0.4) is 0 Å². The van der Waals surface area contributed by atoms with Crippen LogP contribution in [0.2, 0.25) is 8.26 Å². The molecule has 1 saturated heterocycles. The third kappa shape index (κ3) is 5.68. The normalized spacial score (nSPS) is 18.8.